The van der Waals surface area contributed by atoms with Crippen molar-refractivity contribution in [2.24, 2.45) is 11.7 Å². The molecule has 0 saturated carbocycles. The number of aromatic amines is 1. The van der Waals surface area contributed by atoms with E-state index in [0.717, 1.165) is 41.7 Å². The summed E-state index contributed by atoms with van der Waals surface area (Å²) in [6, 6.07) is 5.69. The number of hydrogen-bond donors (Lipinski definition) is 2. The number of anilines is 1. The lowest BCUT2D eigenvalue weighted by atomic mass is 9.91. The van der Waals surface area contributed by atoms with Gasteiger partial charge in [0.1, 0.15) is 12.0 Å². The Morgan fingerprint density at radius 3 is 2.73 bits per heavy atom. The monoisotopic (exact) mass is 525 g/mol. The number of amides is 1. The van der Waals surface area contributed by atoms with Crippen molar-refractivity contribution >= 4 is 43.9 Å². The minimum atomic E-state index is -3.25. The fourth-order valence-corrected chi connectivity index (χ4v) is 6.13. The van der Waals surface area contributed by atoms with Crippen LogP contribution in [0.1, 0.15) is 58.1 Å². The van der Waals surface area contributed by atoms with Gasteiger partial charge in [-0.15, -0.1) is 0 Å². The zero-order valence-electron chi connectivity index (χ0n) is 21.0. The number of piperidine rings is 1. The highest BCUT2D eigenvalue weighted by molar-refractivity contribution is 7.88. The van der Waals surface area contributed by atoms with Gasteiger partial charge in [-0.1, -0.05) is 6.08 Å². The Bertz CT molecular complexity index is 1500. The number of oxazole rings is 1. The van der Waals surface area contributed by atoms with E-state index >= 15 is 0 Å². The Balaban J connectivity index is 1.43. The maximum atomic E-state index is 12.7. The molecule has 0 bridgehead atoms. The molecule has 0 aliphatic carbocycles. The highest BCUT2D eigenvalue weighted by Gasteiger charge is 2.27. The number of nitrogens with one attached hydrogen (secondary N) is 1. The zero-order chi connectivity index (χ0) is 26.3. The summed E-state index contributed by atoms with van der Waals surface area (Å²) in [5, 5.41) is 0.886. The summed E-state index contributed by atoms with van der Waals surface area (Å²) in [6.45, 7) is 3.98. The second-order valence-corrected chi connectivity index (χ2v) is 11.9. The minimum absolute atomic E-state index is 0.0192. The Morgan fingerprint density at radius 2 is 2.08 bits per heavy atom. The predicted octanol–water partition coefficient (Wildman–Crippen LogP) is 3.10. The number of nitrogens with zero attached hydrogens (tertiary/aromatic N) is 3. The maximum absolute atomic E-state index is 12.7. The van der Waals surface area contributed by atoms with Gasteiger partial charge in [0.05, 0.1) is 17.3 Å². The molecule has 1 aromatic carbocycles. The van der Waals surface area contributed by atoms with Gasteiger partial charge in [0.15, 0.2) is 11.7 Å². The van der Waals surface area contributed by atoms with Crippen molar-refractivity contribution in [1.29, 1.82) is 0 Å². The number of carbonyl (C=O) groups is 2. The van der Waals surface area contributed by atoms with E-state index in [-0.39, 0.29) is 11.7 Å². The van der Waals surface area contributed by atoms with E-state index in [2.05, 4.69) is 14.9 Å². The SMILES string of the molecule is Cc1nc(C(=O)C[C@@H]2CCCN(c3ccc(C(N)=O)c4[nH]c(C5=CCN(S(C)(=O)=O)CC5)cc34)C2)co1. The van der Waals surface area contributed by atoms with Gasteiger partial charge in [-0.25, -0.2) is 13.4 Å². The van der Waals surface area contributed by atoms with Gasteiger partial charge in [-0.2, -0.15) is 4.31 Å². The summed E-state index contributed by atoms with van der Waals surface area (Å²) in [4.78, 5) is 34.7. The van der Waals surface area contributed by atoms with Gasteiger partial charge in [0.25, 0.3) is 5.91 Å². The average molecular weight is 526 g/mol. The van der Waals surface area contributed by atoms with Crippen LogP contribution in [0.4, 0.5) is 5.69 Å². The maximum Gasteiger partial charge on any atom is 0.250 e. The van der Waals surface area contributed by atoms with E-state index in [1.54, 1.807) is 13.0 Å². The quantitative estimate of drug-likeness (QED) is 0.451. The molecule has 1 atom stereocenters. The minimum Gasteiger partial charge on any atom is -0.449 e. The molecule has 2 aliphatic heterocycles. The number of nitrogens with two attached hydrogens (primary N) is 1. The fraction of sp³-hybridized carbons (Fsp3) is 0.423. The van der Waals surface area contributed by atoms with Crippen LogP contribution in [0.25, 0.3) is 16.5 Å². The average Bonchev–Trinajstić information content (AvgIpc) is 3.50. The predicted molar refractivity (Wildman–Crippen MR) is 141 cm³/mol. The van der Waals surface area contributed by atoms with Crippen LogP contribution >= 0.6 is 0 Å². The summed E-state index contributed by atoms with van der Waals surface area (Å²) in [5.41, 5.74) is 9.96. The van der Waals surface area contributed by atoms with Crippen LogP contribution in [-0.4, -0.2) is 66.8 Å². The lowest BCUT2D eigenvalue weighted by Crippen LogP contribution is -2.36. The molecule has 2 aromatic heterocycles. The molecule has 1 fully saturated rings. The summed E-state index contributed by atoms with van der Waals surface area (Å²) in [5.74, 6) is 0.113. The first-order chi connectivity index (χ1) is 17.6. The molecule has 5 rings (SSSR count). The highest BCUT2D eigenvalue weighted by Crippen LogP contribution is 2.36. The van der Waals surface area contributed by atoms with E-state index in [9.17, 15) is 18.0 Å². The zero-order valence-corrected chi connectivity index (χ0v) is 21.8. The van der Waals surface area contributed by atoms with Crippen molar-refractivity contribution in [3.63, 3.8) is 0 Å². The van der Waals surface area contributed by atoms with Crippen LogP contribution in [-0.2, 0) is 10.0 Å². The smallest absolute Gasteiger partial charge is 0.250 e. The number of aromatic nitrogens is 2. The highest BCUT2D eigenvalue weighted by atomic mass is 32.2. The van der Waals surface area contributed by atoms with Gasteiger partial charge in [0.2, 0.25) is 10.0 Å². The molecule has 0 unspecified atom stereocenters. The van der Waals surface area contributed by atoms with Crippen molar-refractivity contribution < 1.29 is 22.4 Å². The molecule has 4 heterocycles. The van der Waals surface area contributed by atoms with Gasteiger partial charge >= 0.3 is 0 Å². The van der Waals surface area contributed by atoms with E-state index < -0.39 is 15.9 Å². The Kier molecular flexibility index (Phi) is 6.67. The lowest BCUT2D eigenvalue weighted by molar-refractivity contribution is 0.0950. The van der Waals surface area contributed by atoms with Gasteiger partial charge in [-0.05, 0) is 49.0 Å². The number of aryl methyl sites for hydroxylation is 1. The van der Waals surface area contributed by atoms with E-state index in [1.807, 2.05) is 18.2 Å². The number of carbonyl (C=O) groups excluding carboxylic acids is 2. The first-order valence-electron chi connectivity index (χ1n) is 12.4. The van der Waals surface area contributed by atoms with Crippen LogP contribution in [0, 0.1) is 12.8 Å². The second-order valence-electron chi connectivity index (χ2n) is 9.90. The molecular formula is C26H31N5O5S. The number of sulfonamides is 1. The standard InChI is InChI=1S/C26H31N5O5S/c1-16-28-22(15-36-16)24(32)12-17-4-3-9-30(14-17)23-6-5-19(26(27)33)25-20(23)13-21(29-25)18-7-10-31(11-8-18)37(2,34)35/h5-7,13,15,17,29H,3-4,8-12,14H2,1-2H3,(H2,27,33)/t17-/m0/s1. The molecule has 196 valence electrons. The van der Waals surface area contributed by atoms with Crippen molar-refractivity contribution in [2.75, 3.05) is 37.3 Å². The third-order valence-electron chi connectivity index (χ3n) is 7.26. The van der Waals surface area contributed by atoms with E-state index in [0.29, 0.717) is 55.1 Å². The van der Waals surface area contributed by atoms with E-state index in [4.69, 9.17) is 10.2 Å². The van der Waals surface area contributed by atoms with Crippen LogP contribution in [0.5, 0.6) is 0 Å². The van der Waals surface area contributed by atoms with Crippen LogP contribution < -0.4 is 10.6 Å². The van der Waals surface area contributed by atoms with Crippen molar-refractivity contribution in [1.82, 2.24) is 14.3 Å². The fourth-order valence-electron chi connectivity index (χ4n) is 5.36. The third kappa shape index (κ3) is 5.19. The molecule has 10 nitrogen and oxygen atoms in total. The largest absolute Gasteiger partial charge is 0.449 e. The topological polar surface area (TPSA) is 143 Å². The molecule has 1 amide bonds. The van der Waals surface area contributed by atoms with Gasteiger partial charge in [0, 0.05) is 56.3 Å². The number of primary amides is 1. The molecule has 0 radical (unpaired) electrons. The summed E-state index contributed by atoms with van der Waals surface area (Å²) >= 11 is 0. The Labute approximate surface area is 215 Å². The molecule has 2 aliphatic rings. The normalized spacial score (nSPS) is 19.2. The van der Waals surface area contributed by atoms with Gasteiger partial charge in [-0.3, -0.25) is 9.59 Å². The molecule has 1 saturated heterocycles. The van der Waals surface area contributed by atoms with Gasteiger partial charge < -0.3 is 20.0 Å². The lowest BCUT2D eigenvalue weighted by Gasteiger charge is -2.34. The number of Topliss-reactive ketones (excluding diaryl/α,β-unsaturated/α-hetero) is 1. The molecular weight excluding hydrogens is 494 g/mol. The molecule has 11 heteroatoms. The number of fused-ring (bicyclic) bond motifs is 1. The number of benzene rings is 1. The Morgan fingerprint density at radius 1 is 1.27 bits per heavy atom. The Hall–Kier alpha value is -3.44. The third-order valence-corrected chi connectivity index (χ3v) is 8.53. The summed E-state index contributed by atoms with van der Waals surface area (Å²) in [6.07, 6.45) is 7.39. The van der Waals surface area contributed by atoms with Crippen molar-refractivity contribution in [2.45, 2.75) is 32.6 Å². The van der Waals surface area contributed by atoms with Crippen molar-refractivity contribution in [3.05, 3.63) is 53.4 Å². The molecule has 3 aromatic rings. The number of ketones is 1. The number of H-pyrrole nitrogens is 1. The number of hydrogen-bond acceptors (Lipinski definition) is 7. The molecule has 0 spiro atoms. The van der Waals surface area contributed by atoms with E-state index in [1.165, 1.54) is 16.8 Å². The molecule has 37 heavy (non-hydrogen) atoms. The summed E-state index contributed by atoms with van der Waals surface area (Å²) in [7, 11) is -3.25. The first kappa shape index (κ1) is 25.2. The van der Waals surface area contributed by atoms with Crippen LogP contribution in [0.15, 0.2) is 35.0 Å². The molecule has 3 N–H and O–H groups in total. The first-order valence-corrected chi connectivity index (χ1v) is 14.3. The second kappa shape index (κ2) is 9.79. The summed E-state index contributed by atoms with van der Waals surface area (Å²) < 4.78 is 30.4. The van der Waals surface area contributed by atoms with Crippen molar-refractivity contribution in [3.8, 4) is 0 Å². The number of rotatable bonds is 7. The van der Waals surface area contributed by atoms with Crippen LogP contribution in [0.2, 0.25) is 0 Å². The van der Waals surface area contributed by atoms with Crippen LogP contribution in [0.3, 0.4) is 0 Å².